The van der Waals surface area contributed by atoms with Crippen LogP contribution in [0.25, 0.3) is 0 Å². The van der Waals surface area contributed by atoms with Crippen LogP contribution >= 0.6 is 23.2 Å². The summed E-state index contributed by atoms with van der Waals surface area (Å²) >= 11 is 11.9. The normalized spacial score (nSPS) is 12.8. The Balaban J connectivity index is 2.08. The molecule has 4 nitrogen and oxygen atoms in total. The minimum absolute atomic E-state index is 0.0852. The van der Waals surface area contributed by atoms with Gasteiger partial charge >= 0.3 is 0 Å². The van der Waals surface area contributed by atoms with Crippen LogP contribution in [0.1, 0.15) is 13.3 Å². The first-order chi connectivity index (χ1) is 10.9. The molecule has 0 amide bonds. The van der Waals surface area contributed by atoms with Crippen molar-refractivity contribution in [1.82, 2.24) is 4.72 Å². The van der Waals surface area contributed by atoms with E-state index in [1.807, 2.05) is 37.3 Å². The predicted molar refractivity (Wildman–Crippen MR) is 92.8 cm³/mol. The van der Waals surface area contributed by atoms with Gasteiger partial charge in [-0.1, -0.05) is 54.4 Å². The Morgan fingerprint density at radius 2 is 1.65 bits per heavy atom. The highest BCUT2D eigenvalue weighted by molar-refractivity contribution is 7.89. The summed E-state index contributed by atoms with van der Waals surface area (Å²) in [5.74, 6) is 0.689. The van der Waals surface area contributed by atoms with Crippen LogP contribution in [-0.2, 0) is 10.0 Å². The van der Waals surface area contributed by atoms with E-state index in [2.05, 4.69) is 4.72 Å². The maximum absolute atomic E-state index is 12.4. The zero-order chi connectivity index (χ0) is 16.9. The number of halogens is 2. The second-order valence-electron chi connectivity index (χ2n) is 4.86. The van der Waals surface area contributed by atoms with Gasteiger partial charge in [-0.3, -0.25) is 0 Å². The molecule has 1 unspecified atom stereocenters. The first kappa shape index (κ1) is 18.1. The summed E-state index contributed by atoms with van der Waals surface area (Å²) in [5, 5.41) is 0.170. The van der Waals surface area contributed by atoms with Crippen LogP contribution in [-0.4, -0.2) is 21.1 Å². The molecule has 0 fully saturated rings. The molecule has 0 aliphatic rings. The summed E-state index contributed by atoms with van der Waals surface area (Å²) in [7, 11) is -3.81. The summed E-state index contributed by atoms with van der Waals surface area (Å²) in [5.41, 5.74) is 0. The molecule has 23 heavy (non-hydrogen) atoms. The standard InChI is InChI=1S/C16H17Cl2NO3S/c1-2-12(22-13-7-4-3-5-8-13)11-19-23(20,21)16-14(17)9-6-10-15(16)18/h3-10,12,19H,2,11H2,1H3. The van der Waals surface area contributed by atoms with Crippen LogP contribution in [0.2, 0.25) is 10.0 Å². The first-order valence-corrected chi connectivity index (χ1v) is 9.33. The van der Waals surface area contributed by atoms with Crippen LogP contribution in [0.15, 0.2) is 53.4 Å². The molecule has 0 saturated carbocycles. The van der Waals surface area contributed by atoms with Crippen molar-refractivity contribution in [3.8, 4) is 5.75 Å². The van der Waals surface area contributed by atoms with Gasteiger partial charge in [0.2, 0.25) is 10.0 Å². The van der Waals surface area contributed by atoms with Gasteiger partial charge in [0, 0.05) is 6.54 Å². The lowest BCUT2D eigenvalue weighted by Gasteiger charge is -2.18. The molecule has 1 N–H and O–H groups in total. The van der Waals surface area contributed by atoms with Gasteiger partial charge in [-0.25, -0.2) is 13.1 Å². The zero-order valence-electron chi connectivity index (χ0n) is 12.5. The molecule has 2 rings (SSSR count). The predicted octanol–water partition coefficient (Wildman–Crippen LogP) is 4.13. The van der Waals surface area contributed by atoms with E-state index >= 15 is 0 Å². The van der Waals surface area contributed by atoms with Crippen LogP contribution in [0.5, 0.6) is 5.75 Å². The highest BCUT2D eigenvalue weighted by atomic mass is 35.5. The van der Waals surface area contributed by atoms with Gasteiger partial charge in [-0.05, 0) is 30.7 Å². The molecular formula is C16H17Cl2NO3S. The molecule has 124 valence electrons. The fraction of sp³-hybridized carbons (Fsp3) is 0.250. The number of nitrogens with one attached hydrogen (secondary N) is 1. The van der Waals surface area contributed by atoms with Crippen molar-refractivity contribution in [2.24, 2.45) is 0 Å². The first-order valence-electron chi connectivity index (χ1n) is 7.09. The van der Waals surface area contributed by atoms with Gasteiger partial charge in [0.25, 0.3) is 0 Å². The van der Waals surface area contributed by atoms with E-state index in [9.17, 15) is 8.42 Å². The summed E-state index contributed by atoms with van der Waals surface area (Å²) in [6.45, 7) is 2.04. The second-order valence-corrected chi connectivity index (χ2v) is 7.38. The molecule has 0 saturated heterocycles. The summed E-state index contributed by atoms with van der Waals surface area (Å²) < 4.78 is 33.1. The van der Waals surface area contributed by atoms with Crippen LogP contribution < -0.4 is 9.46 Å². The van der Waals surface area contributed by atoms with E-state index in [1.54, 1.807) is 6.07 Å². The van der Waals surface area contributed by atoms with Crippen molar-refractivity contribution in [3.63, 3.8) is 0 Å². The fourth-order valence-corrected chi connectivity index (χ4v) is 4.18. The summed E-state index contributed by atoms with van der Waals surface area (Å²) in [4.78, 5) is -0.113. The van der Waals surface area contributed by atoms with Crippen LogP contribution in [0, 0.1) is 0 Å². The van der Waals surface area contributed by atoms with E-state index in [-0.39, 0.29) is 27.6 Å². The third-order valence-electron chi connectivity index (χ3n) is 3.19. The molecule has 0 heterocycles. The van der Waals surface area contributed by atoms with Gasteiger partial charge in [0.05, 0.1) is 10.0 Å². The maximum atomic E-state index is 12.4. The molecule has 0 bridgehead atoms. The third-order valence-corrected chi connectivity index (χ3v) is 5.57. The highest BCUT2D eigenvalue weighted by Crippen LogP contribution is 2.28. The molecule has 0 aliphatic carbocycles. The molecule has 0 aliphatic heterocycles. The van der Waals surface area contributed by atoms with E-state index in [4.69, 9.17) is 27.9 Å². The Hall–Kier alpha value is -1.27. The van der Waals surface area contributed by atoms with Crippen molar-refractivity contribution in [1.29, 1.82) is 0 Å². The monoisotopic (exact) mass is 373 g/mol. The molecule has 7 heteroatoms. The molecule has 0 radical (unpaired) electrons. The van der Waals surface area contributed by atoms with Gasteiger partial charge in [-0.2, -0.15) is 0 Å². The summed E-state index contributed by atoms with van der Waals surface area (Å²) in [6.07, 6.45) is 0.349. The largest absolute Gasteiger partial charge is 0.489 e. The lowest BCUT2D eigenvalue weighted by atomic mass is 10.2. The lowest BCUT2D eigenvalue weighted by Crippen LogP contribution is -2.35. The van der Waals surface area contributed by atoms with E-state index < -0.39 is 10.0 Å². The van der Waals surface area contributed by atoms with Gasteiger partial charge in [0.1, 0.15) is 16.7 Å². The molecule has 2 aromatic carbocycles. The SMILES string of the molecule is CCC(CNS(=O)(=O)c1c(Cl)cccc1Cl)Oc1ccccc1. The molecular weight excluding hydrogens is 357 g/mol. The third kappa shape index (κ3) is 4.85. The Morgan fingerprint density at radius 3 is 2.22 bits per heavy atom. The smallest absolute Gasteiger partial charge is 0.243 e. The number of hydrogen-bond donors (Lipinski definition) is 1. The average Bonchev–Trinajstić information content (AvgIpc) is 2.52. The number of sulfonamides is 1. The minimum Gasteiger partial charge on any atom is -0.489 e. The Morgan fingerprint density at radius 1 is 1.04 bits per heavy atom. The van der Waals surface area contributed by atoms with Crippen molar-refractivity contribution in [2.75, 3.05) is 6.54 Å². The topological polar surface area (TPSA) is 55.4 Å². The quantitative estimate of drug-likeness (QED) is 0.793. The summed E-state index contributed by atoms with van der Waals surface area (Å²) in [6, 6.07) is 13.8. The Labute approximate surface area is 146 Å². The lowest BCUT2D eigenvalue weighted by molar-refractivity contribution is 0.200. The molecule has 0 spiro atoms. The van der Waals surface area contributed by atoms with Crippen molar-refractivity contribution in [3.05, 3.63) is 58.6 Å². The molecule has 1 atom stereocenters. The van der Waals surface area contributed by atoms with Crippen molar-refractivity contribution < 1.29 is 13.2 Å². The van der Waals surface area contributed by atoms with E-state index in [1.165, 1.54) is 12.1 Å². The highest BCUT2D eigenvalue weighted by Gasteiger charge is 2.22. The Kier molecular flexibility index (Phi) is 6.30. The average molecular weight is 374 g/mol. The fourth-order valence-electron chi connectivity index (χ4n) is 1.97. The van der Waals surface area contributed by atoms with Crippen molar-refractivity contribution in [2.45, 2.75) is 24.3 Å². The molecule has 0 aromatic heterocycles. The second kappa shape index (κ2) is 8.02. The van der Waals surface area contributed by atoms with Crippen molar-refractivity contribution >= 4 is 33.2 Å². The van der Waals surface area contributed by atoms with Gasteiger partial charge in [-0.15, -0.1) is 0 Å². The number of rotatable bonds is 7. The Bertz CT molecular complexity index is 731. The number of benzene rings is 2. The van der Waals surface area contributed by atoms with E-state index in [0.29, 0.717) is 12.2 Å². The maximum Gasteiger partial charge on any atom is 0.243 e. The number of hydrogen-bond acceptors (Lipinski definition) is 3. The number of ether oxygens (including phenoxy) is 1. The van der Waals surface area contributed by atoms with Gasteiger partial charge < -0.3 is 4.74 Å². The van der Waals surface area contributed by atoms with Gasteiger partial charge in [0.15, 0.2) is 0 Å². The van der Waals surface area contributed by atoms with Crippen LogP contribution in [0.3, 0.4) is 0 Å². The van der Waals surface area contributed by atoms with E-state index in [0.717, 1.165) is 0 Å². The zero-order valence-corrected chi connectivity index (χ0v) is 14.8. The minimum atomic E-state index is -3.81. The van der Waals surface area contributed by atoms with Crippen LogP contribution in [0.4, 0.5) is 0 Å². The molecule has 2 aromatic rings. The number of para-hydroxylation sites is 1.